The van der Waals surface area contributed by atoms with Crippen LogP contribution in [0.1, 0.15) is 32.5 Å². The van der Waals surface area contributed by atoms with Gasteiger partial charge in [-0.05, 0) is 20.8 Å². The number of anilines is 1. The minimum absolute atomic E-state index is 0.366. The lowest BCUT2D eigenvalue weighted by atomic mass is 10.2. The van der Waals surface area contributed by atoms with Crippen molar-refractivity contribution in [1.82, 2.24) is 10.3 Å². The monoisotopic (exact) mass is 241 g/mol. The van der Waals surface area contributed by atoms with Crippen LogP contribution in [-0.2, 0) is 4.74 Å². The van der Waals surface area contributed by atoms with Crippen LogP contribution in [0.15, 0.2) is 5.38 Å². The van der Waals surface area contributed by atoms with E-state index in [4.69, 9.17) is 4.74 Å². The highest BCUT2D eigenvalue weighted by Crippen LogP contribution is 2.25. The zero-order chi connectivity index (χ0) is 11.8. The van der Waals surface area contributed by atoms with Crippen LogP contribution in [0.2, 0.25) is 0 Å². The molecular weight excluding hydrogens is 226 g/mol. The summed E-state index contributed by atoms with van der Waals surface area (Å²) in [4.78, 5) is 15.7. The molecule has 1 fully saturated rings. The maximum absolute atomic E-state index is 11.4. The molecule has 1 aromatic heterocycles. The van der Waals surface area contributed by atoms with Gasteiger partial charge in [0.25, 0.3) is 0 Å². The van der Waals surface area contributed by atoms with Crippen molar-refractivity contribution >= 4 is 22.6 Å². The number of ether oxygens (including phenoxy) is 1. The van der Waals surface area contributed by atoms with Gasteiger partial charge in [-0.15, -0.1) is 11.3 Å². The first-order chi connectivity index (χ1) is 7.44. The summed E-state index contributed by atoms with van der Waals surface area (Å²) in [6.07, 6.45) is -0.461. The predicted octanol–water partition coefficient (Wildman–Crippen LogP) is 2.13. The number of nitrogens with one attached hydrogen (secondary N) is 2. The number of aromatic nitrogens is 1. The highest BCUT2D eigenvalue weighted by Gasteiger charge is 2.25. The zero-order valence-corrected chi connectivity index (χ0v) is 10.4. The van der Waals surface area contributed by atoms with Gasteiger partial charge in [-0.3, -0.25) is 5.32 Å². The summed E-state index contributed by atoms with van der Waals surface area (Å²) >= 11 is 1.41. The summed E-state index contributed by atoms with van der Waals surface area (Å²) < 4.78 is 5.13. The van der Waals surface area contributed by atoms with Crippen LogP contribution in [0, 0.1) is 0 Å². The molecule has 0 aromatic carbocycles. The molecule has 2 rings (SSSR count). The summed E-state index contributed by atoms with van der Waals surface area (Å²) in [7, 11) is 0. The van der Waals surface area contributed by atoms with Crippen LogP contribution in [0.25, 0.3) is 0 Å². The Morgan fingerprint density at radius 3 is 2.94 bits per heavy atom. The lowest BCUT2D eigenvalue weighted by Gasteiger charge is -2.18. The maximum atomic E-state index is 11.4. The Morgan fingerprint density at radius 2 is 2.38 bits per heavy atom. The number of amides is 1. The van der Waals surface area contributed by atoms with Gasteiger partial charge in [0.05, 0.1) is 11.7 Å². The summed E-state index contributed by atoms with van der Waals surface area (Å²) in [5.41, 5.74) is 0.499. The molecule has 1 aromatic rings. The van der Waals surface area contributed by atoms with Crippen molar-refractivity contribution in [1.29, 1.82) is 0 Å². The molecule has 2 N–H and O–H groups in total. The number of carbonyl (C=O) groups is 1. The molecule has 16 heavy (non-hydrogen) atoms. The summed E-state index contributed by atoms with van der Waals surface area (Å²) in [5, 5.41) is 8.30. The molecule has 0 bridgehead atoms. The third-order valence-electron chi connectivity index (χ3n) is 1.90. The largest absolute Gasteiger partial charge is 0.444 e. The Labute approximate surface area is 98.2 Å². The van der Waals surface area contributed by atoms with Crippen molar-refractivity contribution in [3.05, 3.63) is 11.1 Å². The average Bonchev–Trinajstić information content (AvgIpc) is 2.85. The number of nitrogens with zero attached hydrogens (tertiary/aromatic N) is 1. The van der Waals surface area contributed by atoms with E-state index in [0.717, 1.165) is 12.2 Å². The highest BCUT2D eigenvalue weighted by molar-refractivity contribution is 7.13. The quantitative estimate of drug-likeness (QED) is 0.778. The Balaban J connectivity index is 1.90. The summed E-state index contributed by atoms with van der Waals surface area (Å²) in [6.45, 7) is 6.45. The van der Waals surface area contributed by atoms with Crippen LogP contribution >= 0.6 is 11.3 Å². The van der Waals surface area contributed by atoms with Gasteiger partial charge in [-0.2, -0.15) is 0 Å². The van der Waals surface area contributed by atoms with E-state index in [9.17, 15) is 4.79 Å². The SMILES string of the molecule is CC(C)(C)OC(=O)Nc1nc(C2CN2)cs1. The van der Waals surface area contributed by atoms with Crippen molar-refractivity contribution in [2.45, 2.75) is 32.4 Å². The first-order valence-corrected chi connectivity index (χ1v) is 6.01. The normalized spacial score (nSPS) is 19.3. The Kier molecular flexibility index (Phi) is 2.86. The van der Waals surface area contributed by atoms with E-state index in [1.807, 2.05) is 26.2 Å². The first kappa shape index (κ1) is 11.3. The number of thiazole rings is 1. The van der Waals surface area contributed by atoms with E-state index < -0.39 is 11.7 Å². The fourth-order valence-electron chi connectivity index (χ4n) is 1.16. The van der Waals surface area contributed by atoms with Crippen LogP contribution in [0.4, 0.5) is 9.93 Å². The molecule has 5 nitrogen and oxygen atoms in total. The average molecular weight is 241 g/mol. The van der Waals surface area contributed by atoms with Crippen LogP contribution in [0.5, 0.6) is 0 Å². The molecule has 0 spiro atoms. The minimum atomic E-state index is -0.484. The number of carbonyl (C=O) groups excluding carboxylic acids is 1. The van der Waals surface area contributed by atoms with Crippen molar-refractivity contribution < 1.29 is 9.53 Å². The molecule has 1 aliphatic heterocycles. The number of rotatable bonds is 2. The smallest absolute Gasteiger partial charge is 0.413 e. The third-order valence-corrected chi connectivity index (χ3v) is 2.67. The van der Waals surface area contributed by atoms with Crippen LogP contribution in [0.3, 0.4) is 0 Å². The predicted molar refractivity (Wildman–Crippen MR) is 62.7 cm³/mol. The molecule has 1 atom stereocenters. The standard InChI is InChI=1S/C10H15N3O2S/c1-10(2,3)15-9(14)13-8-12-7(5-16-8)6-4-11-6/h5-6,11H,4H2,1-3H3,(H,12,13,14). The second-order valence-electron chi connectivity index (χ2n) is 4.67. The molecule has 2 heterocycles. The second kappa shape index (κ2) is 4.03. The molecule has 1 amide bonds. The van der Waals surface area contributed by atoms with Gasteiger partial charge in [-0.1, -0.05) is 0 Å². The van der Waals surface area contributed by atoms with E-state index in [1.165, 1.54) is 11.3 Å². The van der Waals surface area contributed by atoms with Crippen molar-refractivity contribution in [3.8, 4) is 0 Å². The summed E-state index contributed by atoms with van der Waals surface area (Å²) in [6, 6.07) is 0.366. The minimum Gasteiger partial charge on any atom is -0.444 e. The van der Waals surface area contributed by atoms with E-state index >= 15 is 0 Å². The molecule has 88 valence electrons. The Hall–Kier alpha value is -1.14. The lowest BCUT2D eigenvalue weighted by molar-refractivity contribution is 0.0636. The van der Waals surface area contributed by atoms with Crippen molar-refractivity contribution in [3.63, 3.8) is 0 Å². The lowest BCUT2D eigenvalue weighted by Crippen LogP contribution is -2.27. The van der Waals surface area contributed by atoms with E-state index in [2.05, 4.69) is 15.6 Å². The van der Waals surface area contributed by atoms with Gasteiger partial charge in [0.1, 0.15) is 5.60 Å². The van der Waals surface area contributed by atoms with Gasteiger partial charge < -0.3 is 10.1 Å². The molecular formula is C10H15N3O2S. The molecule has 1 saturated heterocycles. The molecule has 0 aliphatic carbocycles. The van der Waals surface area contributed by atoms with Gasteiger partial charge in [0.15, 0.2) is 5.13 Å². The van der Waals surface area contributed by atoms with Gasteiger partial charge >= 0.3 is 6.09 Å². The van der Waals surface area contributed by atoms with Gasteiger partial charge in [0, 0.05) is 11.9 Å². The number of hydrogen-bond donors (Lipinski definition) is 2. The summed E-state index contributed by atoms with van der Waals surface area (Å²) in [5.74, 6) is 0. The van der Waals surface area contributed by atoms with Crippen LogP contribution < -0.4 is 10.6 Å². The fourth-order valence-corrected chi connectivity index (χ4v) is 1.91. The topological polar surface area (TPSA) is 73.2 Å². The molecule has 0 saturated carbocycles. The van der Waals surface area contributed by atoms with Crippen molar-refractivity contribution in [2.75, 3.05) is 11.9 Å². The second-order valence-corrected chi connectivity index (χ2v) is 5.52. The van der Waals surface area contributed by atoms with Gasteiger partial charge in [-0.25, -0.2) is 9.78 Å². The zero-order valence-electron chi connectivity index (χ0n) is 9.53. The van der Waals surface area contributed by atoms with E-state index in [-0.39, 0.29) is 0 Å². The van der Waals surface area contributed by atoms with Crippen LogP contribution in [-0.4, -0.2) is 23.2 Å². The molecule has 6 heteroatoms. The Morgan fingerprint density at radius 1 is 1.69 bits per heavy atom. The molecule has 1 unspecified atom stereocenters. The fraction of sp³-hybridized carbons (Fsp3) is 0.600. The highest BCUT2D eigenvalue weighted by atomic mass is 32.1. The van der Waals surface area contributed by atoms with Gasteiger partial charge in [0.2, 0.25) is 0 Å². The first-order valence-electron chi connectivity index (χ1n) is 5.13. The maximum Gasteiger partial charge on any atom is 0.413 e. The molecule has 0 radical (unpaired) electrons. The Bertz CT molecular complexity index is 393. The van der Waals surface area contributed by atoms with E-state index in [1.54, 1.807) is 0 Å². The third kappa shape index (κ3) is 3.18. The number of hydrogen-bond acceptors (Lipinski definition) is 5. The van der Waals surface area contributed by atoms with E-state index in [0.29, 0.717) is 11.2 Å². The molecule has 1 aliphatic rings. The van der Waals surface area contributed by atoms with Crippen molar-refractivity contribution in [2.24, 2.45) is 0 Å².